The highest BCUT2D eigenvalue weighted by molar-refractivity contribution is 6.36. The predicted octanol–water partition coefficient (Wildman–Crippen LogP) is 2.31. The molecule has 0 saturated carbocycles. The van der Waals surface area contributed by atoms with E-state index in [-0.39, 0.29) is 23.2 Å². The molecule has 2 unspecified atom stereocenters. The Bertz CT molecular complexity index is 1380. The van der Waals surface area contributed by atoms with Gasteiger partial charge in [0.2, 0.25) is 5.95 Å². The zero-order chi connectivity index (χ0) is 25.8. The Kier molecular flexibility index (Phi) is 7.24. The summed E-state index contributed by atoms with van der Waals surface area (Å²) in [5.41, 5.74) is 1.69. The zero-order valence-electron chi connectivity index (χ0n) is 19.5. The van der Waals surface area contributed by atoms with Gasteiger partial charge in [-0.2, -0.15) is 20.0 Å². The number of likely N-dealkylation sites (tertiary alicyclic amines) is 1. The van der Waals surface area contributed by atoms with Gasteiger partial charge in [-0.15, -0.1) is 5.10 Å². The quantitative estimate of drug-likeness (QED) is 0.382. The Morgan fingerprint density at radius 2 is 2.11 bits per heavy atom. The summed E-state index contributed by atoms with van der Waals surface area (Å²) in [6.07, 6.45) is 0.455. The fraction of sp³-hybridized carbons (Fsp3) is 0.364. The van der Waals surface area contributed by atoms with Crippen molar-refractivity contribution in [1.82, 2.24) is 24.5 Å². The molecular weight excluding hydrogens is 488 g/mol. The van der Waals surface area contributed by atoms with Gasteiger partial charge in [0.15, 0.2) is 17.2 Å². The van der Waals surface area contributed by atoms with E-state index in [0.717, 1.165) is 0 Å². The molecule has 0 bridgehead atoms. The van der Waals surface area contributed by atoms with E-state index in [4.69, 9.17) is 16.3 Å². The molecule has 0 aliphatic carbocycles. The number of nitriles is 2. The van der Waals surface area contributed by atoms with Gasteiger partial charge in [-0.25, -0.2) is 9.78 Å². The Morgan fingerprint density at radius 1 is 1.33 bits per heavy atom. The van der Waals surface area contributed by atoms with Crippen LogP contribution in [0.2, 0.25) is 5.02 Å². The molecule has 14 heteroatoms. The number of carbonyl (C=O) groups is 1. The van der Waals surface area contributed by atoms with Crippen LogP contribution in [-0.4, -0.2) is 74.6 Å². The van der Waals surface area contributed by atoms with Crippen molar-refractivity contribution in [1.29, 1.82) is 10.5 Å². The van der Waals surface area contributed by atoms with Crippen LogP contribution in [0.5, 0.6) is 0 Å². The maximum atomic E-state index is 11.8. The van der Waals surface area contributed by atoms with Crippen molar-refractivity contribution in [3.63, 3.8) is 0 Å². The second-order valence-electron chi connectivity index (χ2n) is 7.95. The standard InChI is InChI=1S/C22H23ClN10O3/c1-3-26-19-20-27-10-13(9-25)33(20)31-21(30-19)29-16-7-12(8-24)6-15(18(16)23)28-14-4-5-32(11-17(14)34)22(35)36-2/h6-7,10,14,17,28,34H,3-5,11H2,1-2H3,(H2,26,29,30,31). The van der Waals surface area contributed by atoms with E-state index in [1.807, 2.05) is 13.0 Å². The van der Waals surface area contributed by atoms with Crippen molar-refractivity contribution in [2.24, 2.45) is 0 Å². The summed E-state index contributed by atoms with van der Waals surface area (Å²) in [6, 6.07) is 6.83. The SMILES string of the molecule is CCNc1nc(Nc2cc(C#N)cc(NC3CCN(C(=O)OC)CC3O)c2Cl)nn2c(C#N)cnc12. The predicted molar refractivity (Wildman–Crippen MR) is 131 cm³/mol. The van der Waals surface area contributed by atoms with Gasteiger partial charge in [0.05, 0.1) is 60.0 Å². The van der Waals surface area contributed by atoms with Crippen molar-refractivity contribution < 1.29 is 14.6 Å². The molecule has 3 heterocycles. The first kappa shape index (κ1) is 24.8. The van der Waals surface area contributed by atoms with Crippen LogP contribution in [0, 0.1) is 22.7 Å². The van der Waals surface area contributed by atoms with E-state index in [1.165, 1.54) is 22.7 Å². The van der Waals surface area contributed by atoms with E-state index < -0.39 is 18.2 Å². The minimum atomic E-state index is -0.880. The lowest BCUT2D eigenvalue weighted by atomic mass is 10.0. The molecule has 13 nitrogen and oxygen atoms in total. The van der Waals surface area contributed by atoms with Crippen LogP contribution in [0.4, 0.5) is 27.9 Å². The molecule has 1 saturated heterocycles. The molecule has 3 aromatic rings. The second kappa shape index (κ2) is 10.5. The van der Waals surface area contributed by atoms with Gasteiger partial charge in [0, 0.05) is 13.1 Å². The average Bonchev–Trinajstić information content (AvgIpc) is 3.30. The number of rotatable bonds is 6. The summed E-state index contributed by atoms with van der Waals surface area (Å²) < 4.78 is 6.08. The molecule has 2 atom stereocenters. The first-order chi connectivity index (χ1) is 17.4. The topological polar surface area (TPSA) is 177 Å². The first-order valence-corrected chi connectivity index (χ1v) is 11.4. The number of anilines is 4. The number of nitrogens with zero attached hydrogens (tertiary/aromatic N) is 7. The largest absolute Gasteiger partial charge is 0.453 e. The monoisotopic (exact) mass is 510 g/mol. The average molecular weight is 511 g/mol. The first-order valence-electron chi connectivity index (χ1n) is 11.1. The second-order valence-corrected chi connectivity index (χ2v) is 8.33. The van der Waals surface area contributed by atoms with Gasteiger partial charge < -0.3 is 30.7 Å². The molecule has 1 amide bonds. The van der Waals surface area contributed by atoms with Crippen LogP contribution in [0.1, 0.15) is 24.6 Å². The number of aliphatic hydroxyl groups excluding tert-OH is 1. The molecular formula is C22H23ClN10O3. The van der Waals surface area contributed by atoms with Crippen LogP contribution in [0.25, 0.3) is 5.65 Å². The fourth-order valence-corrected chi connectivity index (χ4v) is 4.11. The molecule has 0 spiro atoms. The number of carbonyl (C=O) groups excluding carboxylic acids is 1. The van der Waals surface area contributed by atoms with Crippen LogP contribution < -0.4 is 16.0 Å². The number of ether oxygens (including phenoxy) is 1. The normalized spacial score (nSPS) is 17.2. The molecule has 1 fully saturated rings. The molecule has 1 aliphatic heterocycles. The minimum absolute atomic E-state index is 0.0954. The molecule has 4 rings (SSSR count). The van der Waals surface area contributed by atoms with E-state index >= 15 is 0 Å². The summed E-state index contributed by atoms with van der Waals surface area (Å²) in [5.74, 6) is 0.546. The number of nitrogens with one attached hydrogen (secondary N) is 3. The van der Waals surface area contributed by atoms with Crippen molar-refractivity contribution >= 4 is 46.5 Å². The number of methoxy groups -OCH3 is 1. The van der Waals surface area contributed by atoms with Gasteiger partial charge in [-0.05, 0) is 25.5 Å². The third-order valence-corrected chi connectivity index (χ3v) is 6.03. The van der Waals surface area contributed by atoms with Gasteiger partial charge in [-0.1, -0.05) is 11.6 Å². The smallest absolute Gasteiger partial charge is 0.409 e. The molecule has 0 radical (unpaired) electrons. The van der Waals surface area contributed by atoms with Crippen LogP contribution in [0.15, 0.2) is 18.3 Å². The number of halogens is 1. The number of piperidine rings is 1. The lowest BCUT2D eigenvalue weighted by molar-refractivity contribution is 0.0504. The van der Waals surface area contributed by atoms with Crippen molar-refractivity contribution in [3.05, 3.63) is 34.6 Å². The number of amides is 1. The maximum Gasteiger partial charge on any atom is 0.409 e. The third kappa shape index (κ3) is 4.88. The van der Waals surface area contributed by atoms with Crippen LogP contribution >= 0.6 is 11.6 Å². The van der Waals surface area contributed by atoms with Gasteiger partial charge >= 0.3 is 6.09 Å². The fourth-order valence-electron chi connectivity index (χ4n) is 3.90. The molecule has 36 heavy (non-hydrogen) atoms. The minimum Gasteiger partial charge on any atom is -0.453 e. The van der Waals surface area contributed by atoms with E-state index in [9.17, 15) is 20.4 Å². The van der Waals surface area contributed by atoms with Crippen LogP contribution in [-0.2, 0) is 4.74 Å². The summed E-state index contributed by atoms with van der Waals surface area (Å²) in [7, 11) is 1.29. The summed E-state index contributed by atoms with van der Waals surface area (Å²) in [5, 5.41) is 43.4. The Hall–Kier alpha value is -4.33. The summed E-state index contributed by atoms with van der Waals surface area (Å²) in [4.78, 5) is 21.8. The van der Waals surface area contributed by atoms with Gasteiger partial charge in [0.1, 0.15) is 6.07 Å². The van der Waals surface area contributed by atoms with Gasteiger partial charge in [-0.3, -0.25) is 0 Å². The van der Waals surface area contributed by atoms with E-state index in [2.05, 4.69) is 37.1 Å². The molecule has 1 aliphatic rings. The number of benzene rings is 1. The van der Waals surface area contributed by atoms with Crippen LogP contribution in [0.3, 0.4) is 0 Å². The number of hydrogen-bond acceptors (Lipinski definition) is 11. The number of hydrogen-bond donors (Lipinski definition) is 4. The summed E-state index contributed by atoms with van der Waals surface area (Å²) >= 11 is 6.67. The molecule has 1 aromatic carbocycles. The summed E-state index contributed by atoms with van der Waals surface area (Å²) in [6.45, 7) is 2.94. The number of aliphatic hydroxyl groups is 1. The Morgan fingerprint density at radius 3 is 2.78 bits per heavy atom. The molecule has 186 valence electrons. The van der Waals surface area contributed by atoms with E-state index in [1.54, 1.807) is 12.1 Å². The number of fused-ring (bicyclic) bond motifs is 1. The van der Waals surface area contributed by atoms with Crippen molar-refractivity contribution in [2.75, 3.05) is 42.7 Å². The van der Waals surface area contributed by atoms with E-state index in [0.29, 0.717) is 47.9 Å². The zero-order valence-corrected chi connectivity index (χ0v) is 20.2. The lowest BCUT2D eigenvalue weighted by Crippen LogP contribution is -2.51. The van der Waals surface area contributed by atoms with Crippen molar-refractivity contribution in [2.45, 2.75) is 25.5 Å². The molecule has 2 aromatic heterocycles. The highest BCUT2D eigenvalue weighted by Gasteiger charge is 2.31. The lowest BCUT2D eigenvalue weighted by Gasteiger charge is -2.36. The van der Waals surface area contributed by atoms with Gasteiger partial charge in [0.25, 0.3) is 0 Å². The highest BCUT2D eigenvalue weighted by Crippen LogP contribution is 2.35. The maximum absolute atomic E-state index is 11.8. The number of β-amino-alcohol motifs (C(OH)–C–C–N with tert-alkyl or cyclic N) is 1. The molecule has 4 N–H and O–H groups in total. The third-order valence-electron chi connectivity index (χ3n) is 5.62. The Balaban J connectivity index is 1.64. The van der Waals surface area contributed by atoms with Crippen molar-refractivity contribution in [3.8, 4) is 12.1 Å². The number of aromatic nitrogens is 4. The number of imidazole rings is 1. The highest BCUT2D eigenvalue weighted by atomic mass is 35.5. The Labute approximate surface area is 211 Å².